The highest BCUT2D eigenvalue weighted by Crippen LogP contribution is 2.46. The summed E-state index contributed by atoms with van der Waals surface area (Å²) in [5.41, 5.74) is 12.7. The Morgan fingerprint density at radius 3 is 1.35 bits per heavy atom. The fourth-order valence-corrected chi connectivity index (χ4v) is 8.59. The van der Waals surface area contributed by atoms with E-state index in [0.29, 0.717) is 24.7 Å². The third-order valence-electron chi connectivity index (χ3n) is 9.32. The molecular weight excluding hydrogens is 713 g/mol. The van der Waals surface area contributed by atoms with Crippen molar-refractivity contribution in [2.24, 2.45) is 0 Å². The molecule has 0 atom stereocenters. The lowest BCUT2D eigenvalue weighted by Gasteiger charge is -2.12. The topological polar surface area (TPSA) is 123 Å². The van der Waals surface area contributed by atoms with Crippen molar-refractivity contribution in [2.75, 3.05) is 0 Å². The van der Waals surface area contributed by atoms with Crippen molar-refractivity contribution in [3.8, 4) is 34.2 Å². The maximum Gasteiger partial charge on any atom is 0.209 e. The highest BCUT2D eigenvalue weighted by Gasteiger charge is 2.24. The van der Waals surface area contributed by atoms with E-state index in [0.717, 1.165) is 43.7 Å². The lowest BCUT2D eigenvalue weighted by molar-refractivity contribution is 0.572. The fraction of sp³-hybridized carbons (Fsp3) is 0.200. The molecule has 0 fully saturated rings. The third-order valence-corrected chi connectivity index (χ3v) is 11.7. The van der Waals surface area contributed by atoms with E-state index in [9.17, 15) is 0 Å². The zero-order valence-corrected chi connectivity index (χ0v) is 32.5. The Labute approximate surface area is 321 Å². The quantitative estimate of drug-likeness (QED) is 0.120. The third kappa shape index (κ3) is 7.34. The van der Waals surface area contributed by atoms with Gasteiger partial charge < -0.3 is 0 Å². The van der Waals surface area contributed by atoms with E-state index in [4.69, 9.17) is 20.4 Å². The monoisotopic (exact) mass is 750 g/mol. The molecule has 0 saturated heterocycles. The molecule has 4 aromatic carbocycles. The van der Waals surface area contributed by atoms with Gasteiger partial charge in [-0.2, -0.15) is 19.8 Å². The Hall–Kier alpha value is -5.86. The summed E-state index contributed by atoms with van der Waals surface area (Å²) in [5.74, 6) is 0.981. The van der Waals surface area contributed by atoms with E-state index >= 15 is 0 Å². The first-order valence-corrected chi connectivity index (χ1v) is 19.7. The molecule has 0 bridgehead atoms. The Balaban J connectivity index is 1.18. The molecule has 270 valence electrons. The second-order valence-corrected chi connectivity index (χ2v) is 15.6. The second kappa shape index (κ2) is 14.9. The molecule has 0 saturated carbocycles. The Morgan fingerprint density at radius 1 is 0.500 bits per heavy atom. The Morgan fingerprint density at radius 2 is 0.944 bits per heavy atom. The van der Waals surface area contributed by atoms with Gasteiger partial charge >= 0.3 is 0 Å². The maximum atomic E-state index is 4.88. The average Bonchev–Trinajstić information content (AvgIpc) is 3.97. The number of hydrogen-bond donors (Lipinski definition) is 0. The standard InChI is InChI=1S/C40H38N12S2/c1-25-9-7-11-31(17-25)23-49-45-37(43-47-49)35-21-41-51(33-15-13-27(3)29(5)19-33)39(35)53-54-40-36(22-42-52(40)34-16-14-28(4)30(6)20-34)38-44-48-50(46-38)24-32-12-8-10-26(2)18-32/h7-22H,23-24H2,1-6H3. The molecule has 0 amide bonds. The van der Waals surface area contributed by atoms with Crippen LogP contribution < -0.4 is 0 Å². The van der Waals surface area contributed by atoms with Crippen LogP contribution in [0.3, 0.4) is 0 Å². The van der Waals surface area contributed by atoms with Crippen LogP contribution in [0.4, 0.5) is 0 Å². The molecule has 4 aromatic heterocycles. The normalized spacial score (nSPS) is 11.4. The van der Waals surface area contributed by atoms with Gasteiger partial charge in [-0.15, -0.1) is 20.4 Å². The molecule has 0 aliphatic carbocycles. The summed E-state index contributed by atoms with van der Waals surface area (Å²) in [4.78, 5) is 3.25. The number of hydrogen-bond acceptors (Lipinski definition) is 10. The molecule has 0 aliphatic heterocycles. The zero-order valence-electron chi connectivity index (χ0n) is 30.8. The Kier molecular flexibility index (Phi) is 9.69. The zero-order chi connectivity index (χ0) is 37.3. The van der Waals surface area contributed by atoms with E-state index in [1.807, 2.05) is 33.9 Å². The van der Waals surface area contributed by atoms with Crippen LogP contribution in [-0.2, 0) is 13.1 Å². The molecule has 54 heavy (non-hydrogen) atoms. The first kappa shape index (κ1) is 35.2. The largest absolute Gasteiger partial charge is 0.226 e. The van der Waals surface area contributed by atoms with Crippen LogP contribution in [0, 0.1) is 41.5 Å². The summed E-state index contributed by atoms with van der Waals surface area (Å²) in [5, 5.41) is 38.9. The Bertz CT molecular complexity index is 2430. The molecule has 8 aromatic rings. The maximum absolute atomic E-state index is 4.88. The van der Waals surface area contributed by atoms with Gasteiger partial charge in [-0.05, 0) is 131 Å². The average molecular weight is 751 g/mol. The number of aryl methyl sites for hydroxylation is 6. The minimum absolute atomic E-state index is 0.490. The molecule has 0 N–H and O–H groups in total. The van der Waals surface area contributed by atoms with Crippen LogP contribution in [0.2, 0.25) is 0 Å². The summed E-state index contributed by atoms with van der Waals surface area (Å²) in [7, 11) is 3.09. The molecule has 0 spiro atoms. The van der Waals surface area contributed by atoms with E-state index in [1.54, 1.807) is 31.2 Å². The van der Waals surface area contributed by atoms with Gasteiger partial charge in [0, 0.05) is 0 Å². The molecule has 4 heterocycles. The van der Waals surface area contributed by atoms with Gasteiger partial charge in [0.25, 0.3) is 0 Å². The molecular formula is C40H38N12S2. The van der Waals surface area contributed by atoms with E-state index in [1.165, 1.54) is 33.4 Å². The minimum atomic E-state index is 0.490. The van der Waals surface area contributed by atoms with E-state index < -0.39 is 0 Å². The fourth-order valence-electron chi connectivity index (χ4n) is 6.09. The van der Waals surface area contributed by atoms with Gasteiger partial charge in [0.1, 0.15) is 10.1 Å². The van der Waals surface area contributed by atoms with Crippen molar-refractivity contribution in [3.05, 3.63) is 142 Å². The molecule has 14 heteroatoms. The van der Waals surface area contributed by atoms with Crippen LogP contribution in [0.1, 0.15) is 44.5 Å². The predicted molar refractivity (Wildman–Crippen MR) is 212 cm³/mol. The molecule has 0 unspecified atom stereocenters. The van der Waals surface area contributed by atoms with Gasteiger partial charge in [0.2, 0.25) is 11.6 Å². The van der Waals surface area contributed by atoms with Crippen molar-refractivity contribution in [3.63, 3.8) is 0 Å². The van der Waals surface area contributed by atoms with Crippen LogP contribution in [-0.4, -0.2) is 60.0 Å². The lowest BCUT2D eigenvalue weighted by Crippen LogP contribution is -2.04. The first-order chi connectivity index (χ1) is 26.2. The van der Waals surface area contributed by atoms with Crippen molar-refractivity contribution in [1.82, 2.24) is 60.0 Å². The smallest absolute Gasteiger partial charge is 0.209 e. The highest BCUT2D eigenvalue weighted by molar-refractivity contribution is 8.76. The first-order valence-electron chi connectivity index (χ1n) is 17.5. The number of nitrogens with zero attached hydrogens (tertiary/aromatic N) is 12. The molecule has 0 aliphatic rings. The predicted octanol–water partition coefficient (Wildman–Crippen LogP) is 8.11. The van der Waals surface area contributed by atoms with Gasteiger partial charge in [0.15, 0.2) is 0 Å². The van der Waals surface area contributed by atoms with Gasteiger partial charge in [-0.3, -0.25) is 0 Å². The summed E-state index contributed by atoms with van der Waals surface area (Å²) in [6.07, 6.45) is 3.62. The van der Waals surface area contributed by atoms with E-state index in [-0.39, 0.29) is 0 Å². The van der Waals surface area contributed by atoms with Crippen LogP contribution in [0.5, 0.6) is 0 Å². The van der Waals surface area contributed by atoms with Gasteiger partial charge in [0.05, 0.1) is 48.0 Å². The summed E-state index contributed by atoms with van der Waals surface area (Å²) >= 11 is 0. The van der Waals surface area contributed by atoms with Crippen LogP contribution in [0.25, 0.3) is 34.2 Å². The summed E-state index contributed by atoms with van der Waals surface area (Å²) in [6.45, 7) is 13.6. The SMILES string of the molecule is Cc1cccc(Cn2nnc(-c3cnn(-c4ccc(C)c(C)c4)c3SSc3c(-c4nnn(Cc5cccc(C)c5)n4)cnn3-c3ccc(C)c(C)c3)n2)c1. The summed E-state index contributed by atoms with van der Waals surface area (Å²) in [6, 6.07) is 29.3. The number of tetrazole rings is 2. The van der Waals surface area contributed by atoms with Crippen LogP contribution >= 0.6 is 21.6 Å². The molecule has 0 radical (unpaired) electrons. The highest BCUT2D eigenvalue weighted by atomic mass is 33.1. The number of aromatic nitrogens is 12. The van der Waals surface area contributed by atoms with Crippen molar-refractivity contribution < 1.29 is 0 Å². The molecule has 8 rings (SSSR count). The minimum Gasteiger partial charge on any atom is -0.226 e. The van der Waals surface area contributed by atoms with Gasteiger partial charge in [-0.25, -0.2) is 9.36 Å². The number of benzene rings is 4. The van der Waals surface area contributed by atoms with E-state index in [2.05, 4.69) is 135 Å². The van der Waals surface area contributed by atoms with Crippen molar-refractivity contribution in [1.29, 1.82) is 0 Å². The van der Waals surface area contributed by atoms with Crippen LogP contribution in [0.15, 0.2) is 107 Å². The lowest BCUT2D eigenvalue weighted by atomic mass is 10.1. The van der Waals surface area contributed by atoms with Crippen molar-refractivity contribution in [2.45, 2.75) is 64.7 Å². The summed E-state index contributed by atoms with van der Waals surface area (Å²) < 4.78 is 3.88. The van der Waals surface area contributed by atoms with Gasteiger partial charge in [-0.1, -0.05) is 71.8 Å². The molecule has 12 nitrogen and oxygen atoms in total. The second-order valence-electron chi connectivity index (χ2n) is 13.5. The van der Waals surface area contributed by atoms with Crippen molar-refractivity contribution >= 4 is 21.6 Å². The number of rotatable bonds is 11.